The molecule has 0 aromatic carbocycles. The lowest BCUT2D eigenvalue weighted by Gasteiger charge is -2.02. The summed E-state index contributed by atoms with van der Waals surface area (Å²) in [4.78, 5) is 21.9. The number of nitro groups is 1. The van der Waals surface area contributed by atoms with Gasteiger partial charge in [-0.1, -0.05) is 0 Å². The van der Waals surface area contributed by atoms with E-state index in [0.29, 0.717) is 31.0 Å². The average Bonchev–Trinajstić information content (AvgIpc) is 2.69. The van der Waals surface area contributed by atoms with Gasteiger partial charge in [0.2, 0.25) is 5.78 Å². The molecule has 88 valence electrons. The quantitative estimate of drug-likeness (QED) is 0.334. The number of nitrogens with zero attached hydrogens (tertiary/aromatic N) is 2. The Kier molecular flexibility index (Phi) is 4.49. The van der Waals surface area contributed by atoms with Gasteiger partial charge in [-0.15, -0.1) is 11.6 Å². The van der Waals surface area contributed by atoms with Crippen LogP contribution in [0.15, 0.2) is 12.1 Å². The van der Waals surface area contributed by atoms with Crippen molar-refractivity contribution in [2.45, 2.75) is 26.3 Å². The van der Waals surface area contributed by atoms with Crippen molar-refractivity contribution in [3.8, 4) is 0 Å². The molecule has 0 aliphatic rings. The molecule has 0 spiro atoms. The van der Waals surface area contributed by atoms with Gasteiger partial charge in [0.25, 0.3) is 0 Å². The Morgan fingerprint density at radius 3 is 2.75 bits per heavy atom. The highest BCUT2D eigenvalue weighted by atomic mass is 35.5. The van der Waals surface area contributed by atoms with Crippen molar-refractivity contribution >= 4 is 23.2 Å². The predicted molar refractivity (Wildman–Crippen MR) is 61.0 cm³/mol. The van der Waals surface area contributed by atoms with Gasteiger partial charge in [0.05, 0.1) is 6.54 Å². The Hall–Kier alpha value is -1.36. The second-order valence-electron chi connectivity index (χ2n) is 3.29. The number of alkyl halides is 1. The van der Waals surface area contributed by atoms with Crippen LogP contribution < -0.4 is 0 Å². The van der Waals surface area contributed by atoms with E-state index >= 15 is 0 Å². The molecule has 1 rings (SSSR count). The van der Waals surface area contributed by atoms with Crippen molar-refractivity contribution in [1.82, 2.24) is 4.57 Å². The smallest absolute Gasteiger partial charge is 0.323 e. The van der Waals surface area contributed by atoms with E-state index in [-0.39, 0.29) is 11.6 Å². The molecule has 0 N–H and O–H groups in total. The Bertz CT molecular complexity index is 401. The van der Waals surface area contributed by atoms with Crippen molar-refractivity contribution in [2.75, 3.05) is 5.88 Å². The minimum Gasteiger partial charge on any atom is -0.358 e. The largest absolute Gasteiger partial charge is 0.358 e. The fraction of sp³-hybridized carbons (Fsp3) is 0.500. The molecule has 0 aliphatic carbocycles. The Morgan fingerprint density at radius 2 is 2.25 bits per heavy atom. The van der Waals surface area contributed by atoms with E-state index in [1.807, 2.05) is 0 Å². The molecule has 1 aromatic heterocycles. The molecular weight excluding hydrogens is 232 g/mol. The molecule has 6 heteroatoms. The summed E-state index contributed by atoms with van der Waals surface area (Å²) in [5.41, 5.74) is 0.388. The Labute approximate surface area is 98.2 Å². The van der Waals surface area contributed by atoms with Crippen molar-refractivity contribution in [2.24, 2.45) is 0 Å². The molecule has 0 saturated carbocycles. The molecule has 0 saturated heterocycles. The normalized spacial score (nSPS) is 10.4. The van der Waals surface area contributed by atoms with Gasteiger partial charge in [0.1, 0.15) is 0 Å². The van der Waals surface area contributed by atoms with Crippen LogP contribution >= 0.6 is 11.6 Å². The van der Waals surface area contributed by atoms with Crippen LogP contribution in [0.5, 0.6) is 0 Å². The van der Waals surface area contributed by atoms with Crippen LogP contribution in [-0.4, -0.2) is 21.2 Å². The van der Waals surface area contributed by atoms with Gasteiger partial charge in [0.15, 0.2) is 5.69 Å². The summed E-state index contributed by atoms with van der Waals surface area (Å²) >= 11 is 5.50. The summed E-state index contributed by atoms with van der Waals surface area (Å²) in [6, 6.07) is 2.86. The predicted octanol–water partition coefficient (Wildman–Crippen LogP) is 2.62. The zero-order chi connectivity index (χ0) is 12.1. The number of rotatable bonds is 6. The maximum absolute atomic E-state index is 11.7. The standard InChI is InChI=1S/C10H13ClN2O3/c1-2-12-8(9(14)4-3-7-11)5-6-10(12)13(15)16/h5-6H,2-4,7H2,1H3. The molecule has 0 radical (unpaired) electrons. The van der Waals surface area contributed by atoms with Gasteiger partial charge in [0, 0.05) is 18.4 Å². The molecule has 1 aromatic rings. The van der Waals surface area contributed by atoms with E-state index in [9.17, 15) is 14.9 Å². The van der Waals surface area contributed by atoms with Crippen LogP contribution in [-0.2, 0) is 6.54 Å². The summed E-state index contributed by atoms with van der Waals surface area (Å²) < 4.78 is 1.41. The Morgan fingerprint density at radius 1 is 1.56 bits per heavy atom. The van der Waals surface area contributed by atoms with Crippen molar-refractivity contribution in [3.05, 3.63) is 27.9 Å². The SMILES string of the molecule is CCn1c(C(=O)CCCCl)ccc1[N+](=O)[O-]. The molecule has 0 atom stereocenters. The highest BCUT2D eigenvalue weighted by Crippen LogP contribution is 2.18. The van der Waals surface area contributed by atoms with E-state index in [1.165, 1.54) is 16.7 Å². The lowest BCUT2D eigenvalue weighted by atomic mass is 10.2. The summed E-state index contributed by atoms with van der Waals surface area (Å²) in [5.74, 6) is 0.271. The molecule has 16 heavy (non-hydrogen) atoms. The van der Waals surface area contributed by atoms with E-state index < -0.39 is 4.92 Å². The van der Waals surface area contributed by atoms with E-state index in [0.717, 1.165) is 0 Å². The monoisotopic (exact) mass is 244 g/mol. The zero-order valence-electron chi connectivity index (χ0n) is 8.98. The molecule has 5 nitrogen and oxygen atoms in total. The lowest BCUT2D eigenvalue weighted by molar-refractivity contribution is -0.392. The fourth-order valence-corrected chi connectivity index (χ4v) is 1.68. The molecule has 0 aliphatic heterocycles. The summed E-state index contributed by atoms with van der Waals surface area (Å²) in [6.45, 7) is 2.18. The van der Waals surface area contributed by atoms with Gasteiger partial charge >= 0.3 is 5.82 Å². The number of Topliss-reactive ketones (excluding diaryl/α,β-unsaturated/α-hetero) is 1. The van der Waals surface area contributed by atoms with E-state index in [2.05, 4.69) is 0 Å². The van der Waals surface area contributed by atoms with Crippen LogP contribution in [0.25, 0.3) is 0 Å². The van der Waals surface area contributed by atoms with E-state index in [4.69, 9.17) is 11.6 Å². The number of carbonyl (C=O) groups excluding carboxylic acids is 1. The van der Waals surface area contributed by atoms with Gasteiger partial charge in [-0.2, -0.15) is 0 Å². The topological polar surface area (TPSA) is 65.1 Å². The maximum atomic E-state index is 11.7. The summed E-state index contributed by atoms with van der Waals surface area (Å²) in [5, 5.41) is 10.7. The minimum atomic E-state index is -0.484. The first-order valence-corrected chi connectivity index (χ1v) is 5.58. The van der Waals surface area contributed by atoms with Crippen LogP contribution in [0.1, 0.15) is 30.3 Å². The number of carbonyl (C=O) groups is 1. The third-order valence-electron chi connectivity index (χ3n) is 2.28. The molecule has 0 bridgehead atoms. The highest BCUT2D eigenvalue weighted by molar-refractivity contribution is 6.18. The number of halogens is 1. The summed E-state index contributed by atoms with van der Waals surface area (Å²) in [7, 11) is 0. The number of hydrogen-bond acceptors (Lipinski definition) is 3. The summed E-state index contributed by atoms with van der Waals surface area (Å²) in [6.07, 6.45) is 0.910. The highest BCUT2D eigenvalue weighted by Gasteiger charge is 2.21. The zero-order valence-corrected chi connectivity index (χ0v) is 9.74. The van der Waals surface area contributed by atoms with Crippen molar-refractivity contribution in [3.63, 3.8) is 0 Å². The van der Waals surface area contributed by atoms with Gasteiger partial charge in [-0.3, -0.25) is 4.79 Å². The third-order valence-corrected chi connectivity index (χ3v) is 2.55. The maximum Gasteiger partial charge on any atom is 0.323 e. The second-order valence-corrected chi connectivity index (χ2v) is 3.67. The Balaban J connectivity index is 2.96. The molecule has 0 fully saturated rings. The first-order chi connectivity index (χ1) is 7.61. The van der Waals surface area contributed by atoms with Crippen LogP contribution in [0.4, 0.5) is 5.82 Å². The minimum absolute atomic E-state index is 0.0447. The number of hydrogen-bond donors (Lipinski definition) is 0. The molecule has 0 unspecified atom stereocenters. The van der Waals surface area contributed by atoms with Gasteiger partial charge < -0.3 is 10.1 Å². The third kappa shape index (κ3) is 2.61. The van der Waals surface area contributed by atoms with Crippen LogP contribution in [0.3, 0.4) is 0 Å². The lowest BCUT2D eigenvalue weighted by Crippen LogP contribution is -2.10. The van der Waals surface area contributed by atoms with Crippen molar-refractivity contribution in [1.29, 1.82) is 0 Å². The van der Waals surface area contributed by atoms with Crippen LogP contribution in [0, 0.1) is 10.1 Å². The molecule has 1 heterocycles. The molecule has 0 amide bonds. The average molecular weight is 245 g/mol. The van der Waals surface area contributed by atoms with Gasteiger partial charge in [-0.25, -0.2) is 4.57 Å². The molecular formula is C10H13ClN2O3. The van der Waals surface area contributed by atoms with Crippen molar-refractivity contribution < 1.29 is 9.72 Å². The first-order valence-electron chi connectivity index (χ1n) is 5.04. The van der Waals surface area contributed by atoms with Crippen LogP contribution in [0.2, 0.25) is 0 Å². The number of ketones is 1. The van der Waals surface area contributed by atoms with Gasteiger partial charge in [-0.05, 0) is 24.3 Å². The second kappa shape index (κ2) is 5.65. The fourth-order valence-electron chi connectivity index (χ4n) is 1.55. The van der Waals surface area contributed by atoms with E-state index in [1.54, 1.807) is 6.92 Å². The first kappa shape index (κ1) is 12.7. The number of aromatic nitrogens is 1.